The Morgan fingerprint density at radius 1 is 1.25 bits per heavy atom. The molecule has 1 atom stereocenters. The summed E-state index contributed by atoms with van der Waals surface area (Å²) < 4.78 is 36.4. The molecule has 1 fully saturated rings. The molecule has 144 valence electrons. The van der Waals surface area contributed by atoms with Crippen molar-refractivity contribution in [3.05, 3.63) is 0 Å². The average molecular weight is 464 g/mol. The first kappa shape index (κ1) is 23.8. The fraction of sp³-hybridized carbons (Fsp3) is 0.938. The van der Waals surface area contributed by atoms with Gasteiger partial charge >= 0.3 is 6.18 Å². The Kier molecular flexibility index (Phi) is 12.9. The number of nitrogens with zero attached hydrogens (tertiary/aromatic N) is 2. The van der Waals surface area contributed by atoms with Gasteiger partial charge in [-0.25, -0.2) is 0 Å². The second kappa shape index (κ2) is 13.0. The van der Waals surface area contributed by atoms with E-state index in [-0.39, 0.29) is 30.5 Å². The Morgan fingerprint density at radius 2 is 2.00 bits per heavy atom. The van der Waals surface area contributed by atoms with Gasteiger partial charge in [0, 0.05) is 26.2 Å². The second-order valence-electron chi connectivity index (χ2n) is 6.31. The summed E-state index contributed by atoms with van der Waals surface area (Å²) in [6, 6.07) is 0. The number of likely N-dealkylation sites (tertiary alicyclic amines) is 1. The molecule has 8 heteroatoms. The first-order valence-electron chi connectivity index (χ1n) is 8.72. The van der Waals surface area contributed by atoms with Gasteiger partial charge < -0.3 is 15.5 Å². The van der Waals surface area contributed by atoms with Crippen LogP contribution in [0.2, 0.25) is 0 Å². The smallest absolute Gasteiger partial charge is 0.357 e. The van der Waals surface area contributed by atoms with Gasteiger partial charge in [-0.1, -0.05) is 6.92 Å². The minimum Gasteiger partial charge on any atom is -0.357 e. The standard InChI is InChI=1S/C16H31F3N4.HI/c1-3-20-15(22-10-8-16(17,18)19)21-9-4-5-11-23-12-6-7-14(2)13-23;/h14H,3-13H2,1-2H3,(H2,20,21,22);1H. The summed E-state index contributed by atoms with van der Waals surface area (Å²) >= 11 is 0. The molecule has 1 heterocycles. The van der Waals surface area contributed by atoms with E-state index in [9.17, 15) is 13.2 Å². The summed E-state index contributed by atoms with van der Waals surface area (Å²) in [7, 11) is 0. The van der Waals surface area contributed by atoms with Gasteiger partial charge in [-0.2, -0.15) is 13.2 Å². The van der Waals surface area contributed by atoms with Crippen molar-refractivity contribution in [3.8, 4) is 0 Å². The van der Waals surface area contributed by atoms with Gasteiger partial charge in [0.2, 0.25) is 0 Å². The maximum atomic E-state index is 12.1. The van der Waals surface area contributed by atoms with E-state index in [0.29, 0.717) is 19.0 Å². The topological polar surface area (TPSA) is 39.7 Å². The number of guanidine groups is 1. The zero-order valence-corrected chi connectivity index (χ0v) is 17.1. The largest absolute Gasteiger partial charge is 0.390 e. The normalized spacial score (nSPS) is 19.7. The van der Waals surface area contributed by atoms with Crippen LogP contribution in [0, 0.1) is 5.92 Å². The van der Waals surface area contributed by atoms with Gasteiger partial charge in [0.1, 0.15) is 0 Å². The molecule has 0 aromatic rings. The molecule has 0 aliphatic carbocycles. The Hall–Kier alpha value is -0.250. The quantitative estimate of drug-likeness (QED) is 0.250. The van der Waals surface area contributed by atoms with Crippen LogP contribution in [0.4, 0.5) is 13.2 Å². The number of unbranched alkanes of at least 4 members (excludes halogenated alkanes) is 1. The number of rotatable bonds is 8. The number of nitrogens with one attached hydrogen (secondary N) is 2. The zero-order valence-electron chi connectivity index (χ0n) is 14.8. The molecule has 4 nitrogen and oxygen atoms in total. The van der Waals surface area contributed by atoms with E-state index in [1.807, 2.05) is 6.92 Å². The number of aliphatic imine (C=N–C) groups is 1. The van der Waals surface area contributed by atoms with E-state index in [4.69, 9.17) is 0 Å². The molecule has 0 amide bonds. The molecule has 0 spiro atoms. The summed E-state index contributed by atoms with van der Waals surface area (Å²) in [6.45, 7) is 8.82. The van der Waals surface area contributed by atoms with Crippen LogP contribution in [0.25, 0.3) is 0 Å². The van der Waals surface area contributed by atoms with Crippen molar-refractivity contribution in [1.82, 2.24) is 15.5 Å². The lowest BCUT2D eigenvalue weighted by atomic mass is 10.0. The first-order chi connectivity index (χ1) is 10.9. The number of alkyl halides is 3. The summed E-state index contributed by atoms with van der Waals surface area (Å²) in [5, 5.41) is 5.71. The predicted molar refractivity (Wildman–Crippen MR) is 104 cm³/mol. The molecule has 1 saturated heterocycles. The van der Waals surface area contributed by atoms with Crippen molar-refractivity contribution >= 4 is 29.9 Å². The second-order valence-corrected chi connectivity index (χ2v) is 6.31. The number of hydrogen-bond donors (Lipinski definition) is 2. The first-order valence-corrected chi connectivity index (χ1v) is 8.72. The Balaban J connectivity index is 0.00000529. The van der Waals surface area contributed by atoms with E-state index in [1.54, 1.807) is 0 Å². The van der Waals surface area contributed by atoms with Gasteiger partial charge in [-0.15, -0.1) is 24.0 Å². The third-order valence-electron chi connectivity index (χ3n) is 3.94. The van der Waals surface area contributed by atoms with Crippen molar-refractivity contribution in [2.24, 2.45) is 10.9 Å². The molecule has 2 N–H and O–H groups in total. The molecule has 0 aromatic carbocycles. The van der Waals surface area contributed by atoms with Crippen LogP contribution in [0.3, 0.4) is 0 Å². The van der Waals surface area contributed by atoms with Gasteiger partial charge in [0.15, 0.2) is 5.96 Å². The maximum absolute atomic E-state index is 12.1. The lowest BCUT2D eigenvalue weighted by molar-refractivity contribution is -0.132. The molecule has 24 heavy (non-hydrogen) atoms. The van der Waals surface area contributed by atoms with Crippen LogP contribution in [-0.4, -0.2) is 56.3 Å². The molecule has 1 unspecified atom stereocenters. The van der Waals surface area contributed by atoms with Crippen molar-refractivity contribution in [2.45, 2.75) is 52.1 Å². The third-order valence-corrected chi connectivity index (χ3v) is 3.94. The SMILES string of the molecule is CCNC(=NCCCCN1CCCC(C)C1)NCCC(F)(F)F.I. The number of piperidine rings is 1. The molecule has 1 rings (SSSR count). The molecule has 1 aliphatic rings. The van der Waals surface area contributed by atoms with Crippen LogP contribution >= 0.6 is 24.0 Å². The van der Waals surface area contributed by atoms with Crippen LogP contribution in [0.1, 0.15) is 46.0 Å². The van der Waals surface area contributed by atoms with Crippen molar-refractivity contribution in [1.29, 1.82) is 0 Å². The Labute approximate surface area is 161 Å². The minimum atomic E-state index is -4.13. The average Bonchev–Trinajstić information content (AvgIpc) is 2.45. The summed E-state index contributed by atoms with van der Waals surface area (Å²) in [4.78, 5) is 6.84. The Bertz CT molecular complexity index is 351. The molecule has 0 bridgehead atoms. The van der Waals surface area contributed by atoms with E-state index in [2.05, 4.69) is 27.4 Å². The van der Waals surface area contributed by atoms with Crippen LogP contribution in [0.15, 0.2) is 4.99 Å². The highest BCUT2D eigenvalue weighted by molar-refractivity contribution is 14.0. The van der Waals surface area contributed by atoms with Crippen molar-refractivity contribution < 1.29 is 13.2 Å². The fourth-order valence-corrected chi connectivity index (χ4v) is 2.79. The minimum absolute atomic E-state index is 0. The highest BCUT2D eigenvalue weighted by atomic mass is 127. The molecular formula is C16H32F3IN4. The van der Waals surface area contributed by atoms with Gasteiger partial charge in [-0.05, 0) is 51.6 Å². The highest BCUT2D eigenvalue weighted by Gasteiger charge is 2.26. The Morgan fingerprint density at radius 3 is 2.62 bits per heavy atom. The van der Waals surface area contributed by atoms with E-state index >= 15 is 0 Å². The van der Waals surface area contributed by atoms with Gasteiger partial charge in [0.25, 0.3) is 0 Å². The molecule has 0 radical (unpaired) electrons. The van der Waals surface area contributed by atoms with Gasteiger partial charge in [-0.3, -0.25) is 4.99 Å². The fourth-order valence-electron chi connectivity index (χ4n) is 2.79. The van der Waals surface area contributed by atoms with Crippen LogP contribution in [0.5, 0.6) is 0 Å². The molecule has 1 aliphatic heterocycles. The summed E-state index contributed by atoms with van der Waals surface area (Å²) in [6.07, 6.45) is -0.317. The third kappa shape index (κ3) is 12.2. The van der Waals surface area contributed by atoms with E-state index in [1.165, 1.54) is 25.9 Å². The maximum Gasteiger partial charge on any atom is 0.390 e. The highest BCUT2D eigenvalue weighted by Crippen LogP contribution is 2.18. The predicted octanol–water partition coefficient (Wildman–Crippen LogP) is 3.62. The van der Waals surface area contributed by atoms with Crippen LogP contribution < -0.4 is 10.6 Å². The van der Waals surface area contributed by atoms with E-state index in [0.717, 1.165) is 25.3 Å². The summed E-state index contributed by atoms with van der Waals surface area (Å²) in [5.41, 5.74) is 0. The summed E-state index contributed by atoms with van der Waals surface area (Å²) in [5.74, 6) is 1.27. The number of hydrogen-bond acceptors (Lipinski definition) is 2. The van der Waals surface area contributed by atoms with Crippen molar-refractivity contribution in [3.63, 3.8) is 0 Å². The van der Waals surface area contributed by atoms with Crippen molar-refractivity contribution in [2.75, 3.05) is 39.3 Å². The molecular weight excluding hydrogens is 432 g/mol. The molecule has 0 aromatic heterocycles. The zero-order chi connectivity index (χ0) is 17.1. The lowest BCUT2D eigenvalue weighted by Crippen LogP contribution is -2.39. The van der Waals surface area contributed by atoms with Crippen LogP contribution in [-0.2, 0) is 0 Å². The number of halogens is 4. The monoisotopic (exact) mass is 464 g/mol. The molecule has 0 saturated carbocycles. The van der Waals surface area contributed by atoms with Gasteiger partial charge in [0.05, 0.1) is 6.42 Å². The van der Waals surface area contributed by atoms with E-state index < -0.39 is 12.6 Å². The lowest BCUT2D eigenvalue weighted by Gasteiger charge is -2.30.